The Bertz CT molecular complexity index is 1230. The Labute approximate surface area is 197 Å². The molecule has 34 heavy (non-hydrogen) atoms. The predicted molar refractivity (Wildman–Crippen MR) is 131 cm³/mol. The Kier molecular flexibility index (Phi) is 8.26. The molecule has 1 aromatic heterocycles. The minimum absolute atomic E-state index is 0.00982. The SMILES string of the molecule is COCCn1c(N)c(N(Cc2ccccc2)C(=O)CCOc2cc(C)cc(C)c2)c(=O)[nH]c1=O. The number of rotatable bonds is 10. The summed E-state index contributed by atoms with van der Waals surface area (Å²) in [6.45, 7) is 4.52. The number of benzene rings is 2. The molecule has 180 valence electrons. The van der Waals surface area contributed by atoms with E-state index < -0.39 is 11.2 Å². The van der Waals surface area contributed by atoms with Gasteiger partial charge in [-0.25, -0.2) is 4.79 Å². The average Bonchev–Trinajstić information content (AvgIpc) is 2.78. The van der Waals surface area contributed by atoms with Crippen molar-refractivity contribution < 1.29 is 14.3 Å². The highest BCUT2D eigenvalue weighted by molar-refractivity contribution is 5.95. The van der Waals surface area contributed by atoms with E-state index in [4.69, 9.17) is 15.2 Å². The number of carbonyl (C=O) groups is 1. The Morgan fingerprint density at radius 1 is 1.06 bits per heavy atom. The molecule has 3 N–H and O–H groups in total. The van der Waals surface area contributed by atoms with Gasteiger partial charge in [0, 0.05) is 7.11 Å². The molecule has 0 saturated carbocycles. The van der Waals surface area contributed by atoms with Crippen LogP contribution in [-0.4, -0.2) is 35.8 Å². The summed E-state index contributed by atoms with van der Waals surface area (Å²) in [5, 5.41) is 0. The third-order valence-corrected chi connectivity index (χ3v) is 5.27. The first-order chi connectivity index (χ1) is 16.3. The molecule has 0 fully saturated rings. The molecule has 9 nitrogen and oxygen atoms in total. The Hall–Kier alpha value is -3.85. The van der Waals surface area contributed by atoms with Crippen LogP contribution in [0, 0.1) is 13.8 Å². The fraction of sp³-hybridized carbons (Fsp3) is 0.320. The van der Waals surface area contributed by atoms with E-state index in [0.29, 0.717) is 5.75 Å². The van der Waals surface area contributed by atoms with E-state index in [1.165, 1.54) is 16.6 Å². The van der Waals surface area contributed by atoms with E-state index in [0.717, 1.165) is 16.7 Å². The number of aromatic amines is 1. The van der Waals surface area contributed by atoms with E-state index in [9.17, 15) is 14.4 Å². The maximum atomic E-state index is 13.3. The average molecular weight is 467 g/mol. The zero-order valence-corrected chi connectivity index (χ0v) is 19.7. The number of hydrogen-bond donors (Lipinski definition) is 2. The number of nitrogens with two attached hydrogens (primary N) is 1. The normalized spacial score (nSPS) is 10.8. The molecule has 3 rings (SSSR count). The molecule has 0 aliphatic heterocycles. The maximum absolute atomic E-state index is 13.3. The Morgan fingerprint density at radius 3 is 2.38 bits per heavy atom. The lowest BCUT2D eigenvalue weighted by Gasteiger charge is -2.25. The predicted octanol–water partition coefficient (Wildman–Crippen LogP) is 2.38. The van der Waals surface area contributed by atoms with Crippen LogP contribution in [0.1, 0.15) is 23.1 Å². The van der Waals surface area contributed by atoms with Crippen LogP contribution in [0.2, 0.25) is 0 Å². The zero-order chi connectivity index (χ0) is 24.7. The van der Waals surface area contributed by atoms with Gasteiger partial charge < -0.3 is 15.2 Å². The fourth-order valence-electron chi connectivity index (χ4n) is 3.71. The summed E-state index contributed by atoms with van der Waals surface area (Å²) >= 11 is 0. The third-order valence-electron chi connectivity index (χ3n) is 5.27. The topological polar surface area (TPSA) is 120 Å². The molecule has 0 unspecified atom stereocenters. The van der Waals surface area contributed by atoms with Crippen molar-refractivity contribution in [1.29, 1.82) is 0 Å². The fourth-order valence-corrected chi connectivity index (χ4v) is 3.71. The molecular formula is C25H30N4O5. The van der Waals surface area contributed by atoms with Crippen molar-refractivity contribution in [2.45, 2.75) is 33.4 Å². The lowest BCUT2D eigenvalue weighted by molar-refractivity contribution is -0.119. The molecule has 0 aliphatic rings. The second kappa shape index (κ2) is 11.3. The number of carbonyl (C=O) groups excluding carboxylic acids is 1. The standard InChI is InChI=1S/C25H30N4O5/c1-17-13-18(2)15-20(14-17)34-11-9-21(30)29(16-19-7-5-4-6-8-19)22-23(26)28(10-12-33-3)25(32)27-24(22)31/h4-8,13-15H,9-12,16,26H2,1-3H3,(H,27,31,32). The number of nitrogen functional groups attached to an aromatic ring is 1. The number of H-pyrrole nitrogens is 1. The monoisotopic (exact) mass is 466 g/mol. The molecule has 0 saturated heterocycles. The number of anilines is 2. The first-order valence-corrected chi connectivity index (χ1v) is 11.0. The number of nitrogens with one attached hydrogen (secondary N) is 1. The van der Waals surface area contributed by atoms with Gasteiger partial charge in [-0.2, -0.15) is 0 Å². The molecule has 0 spiro atoms. The van der Waals surface area contributed by atoms with Gasteiger partial charge in [0.1, 0.15) is 11.6 Å². The minimum atomic E-state index is -0.726. The van der Waals surface area contributed by atoms with E-state index in [1.54, 1.807) is 0 Å². The number of aromatic nitrogens is 2. The molecule has 0 radical (unpaired) electrons. The molecule has 0 atom stereocenters. The van der Waals surface area contributed by atoms with Crippen molar-refractivity contribution in [3.8, 4) is 5.75 Å². The van der Waals surface area contributed by atoms with Crippen LogP contribution in [0.15, 0.2) is 58.1 Å². The van der Waals surface area contributed by atoms with Gasteiger partial charge in [0.2, 0.25) is 5.91 Å². The summed E-state index contributed by atoms with van der Waals surface area (Å²) in [4.78, 5) is 42.0. The van der Waals surface area contributed by atoms with Crippen LogP contribution in [-0.2, 0) is 22.6 Å². The van der Waals surface area contributed by atoms with Gasteiger partial charge in [0.25, 0.3) is 5.56 Å². The van der Waals surface area contributed by atoms with Crippen LogP contribution >= 0.6 is 0 Å². The number of aryl methyl sites for hydroxylation is 2. The minimum Gasteiger partial charge on any atom is -0.493 e. The molecule has 2 aromatic carbocycles. The number of methoxy groups -OCH3 is 1. The van der Waals surface area contributed by atoms with Gasteiger partial charge in [0.05, 0.1) is 32.7 Å². The van der Waals surface area contributed by atoms with E-state index >= 15 is 0 Å². The summed E-state index contributed by atoms with van der Waals surface area (Å²) in [5.41, 5.74) is 7.70. The first-order valence-electron chi connectivity index (χ1n) is 11.0. The van der Waals surface area contributed by atoms with Crippen LogP contribution in [0.3, 0.4) is 0 Å². The Morgan fingerprint density at radius 2 is 1.74 bits per heavy atom. The van der Waals surface area contributed by atoms with E-state index in [2.05, 4.69) is 4.98 Å². The second-order valence-electron chi connectivity index (χ2n) is 8.02. The van der Waals surface area contributed by atoms with Gasteiger partial charge in [0.15, 0.2) is 5.69 Å². The van der Waals surface area contributed by atoms with Gasteiger partial charge in [-0.05, 0) is 42.7 Å². The number of nitrogens with zero attached hydrogens (tertiary/aromatic N) is 2. The van der Waals surface area contributed by atoms with Crippen LogP contribution in [0.25, 0.3) is 0 Å². The summed E-state index contributed by atoms with van der Waals surface area (Å²) in [6.07, 6.45) is 0.00982. The molecule has 0 aliphatic carbocycles. The van der Waals surface area contributed by atoms with Gasteiger partial charge in [-0.15, -0.1) is 0 Å². The molecular weight excluding hydrogens is 436 g/mol. The third kappa shape index (κ3) is 6.14. The van der Waals surface area contributed by atoms with Crippen molar-refractivity contribution in [1.82, 2.24) is 9.55 Å². The maximum Gasteiger partial charge on any atom is 0.330 e. The van der Waals surface area contributed by atoms with Gasteiger partial charge >= 0.3 is 5.69 Å². The number of hydrogen-bond acceptors (Lipinski definition) is 6. The molecule has 1 amide bonds. The molecule has 0 bridgehead atoms. The van der Waals surface area contributed by atoms with Crippen molar-refractivity contribution in [3.63, 3.8) is 0 Å². The van der Waals surface area contributed by atoms with Crippen LogP contribution in [0.4, 0.5) is 11.5 Å². The van der Waals surface area contributed by atoms with Gasteiger partial charge in [-0.1, -0.05) is 36.4 Å². The smallest absolute Gasteiger partial charge is 0.330 e. The van der Waals surface area contributed by atoms with Crippen molar-refractivity contribution in [2.24, 2.45) is 0 Å². The van der Waals surface area contributed by atoms with E-state index in [-0.39, 0.29) is 50.1 Å². The summed E-state index contributed by atoms with van der Waals surface area (Å²) < 4.78 is 12.0. The summed E-state index contributed by atoms with van der Waals surface area (Å²) in [5.74, 6) is 0.220. The lowest BCUT2D eigenvalue weighted by atomic mass is 10.1. The van der Waals surface area contributed by atoms with Crippen molar-refractivity contribution in [3.05, 3.63) is 86.1 Å². The van der Waals surface area contributed by atoms with E-state index in [1.807, 2.05) is 62.4 Å². The molecule has 9 heteroatoms. The highest BCUT2D eigenvalue weighted by atomic mass is 16.5. The highest BCUT2D eigenvalue weighted by Gasteiger charge is 2.24. The molecule has 1 heterocycles. The lowest BCUT2D eigenvalue weighted by Crippen LogP contribution is -2.41. The van der Waals surface area contributed by atoms with Crippen LogP contribution in [0.5, 0.6) is 5.75 Å². The van der Waals surface area contributed by atoms with Gasteiger partial charge in [-0.3, -0.25) is 24.0 Å². The Balaban J connectivity index is 1.90. The first kappa shape index (κ1) is 24.8. The van der Waals surface area contributed by atoms with Crippen molar-refractivity contribution >= 4 is 17.4 Å². The number of ether oxygens (including phenoxy) is 2. The quantitative estimate of drug-likeness (QED) is 0.473. The molecule has 3 aromatic rings. The van der Waals surface area contributed by atoms with Crippen LogP contribution < -0.4 is 26.6 Å². The summed E-state index contributed by atoms with van der Waals surface area (Å²) in [7, 11) is 1.49. The highest BCUT2D eigenvalue weighted by Crippen LogP contribution is 2.21. The second-order valence-corrected chi connectivity index (χ2v) is 8.02. The summed E-state index contributed by atoms with van der Waals surface area (Å²) in [6, 6.07) is 15.1. The van der Waals surface area contributed by atoms with Crippen molar-refractivity contribution in [2.75, 3.05) is 31.0 Å². The largest absolute Gasteiger partial charge is 0.493 e. The number of amides is 1. The zero-order valence-electron chi connectivity index (χ0n) is 19.7.